The Bertz CT molecular complexity index is 954. The molecule has 1 aromatic carbocycles. The average Bonchev–Trinajstić information content (AvgIpc) is 3.29. The highest BCUT2D eigenvalue weighted by Gasteiger charge is 2.25. The molecule has 2 N–H and O–H groups in total. The van der Waals surface area contributed by atoms with Crippen molar-refractivity contribution in [3.05, 3.63) is 53.5 Å². The summed E-state index contributed by atoms with van der Waals surface area (Å²) in [6.07, 6.45) is 5.11. The van der Waals surface area contributed by atoms with E-state index in [0.717, 1.165) is 31.7 Å². The molecule has 8 nitrogen and oxygen atoms in total. The van der Waals surface area contributed by atoms with Crippen LogP contribution in [0.3, 0.4) is 0 Å². The van der Waals surface area contributed by atoms with Gasteiger partial charge in [0.2, 0.25) is 10.0 Å². The zero-order chi connectivity index (χ0) is 22.3. The van der Waals surface area contributed by atoms with Crippen LogP contribution < -0.4 is 10.0 Å². The molecule has 1 saturated heterocycles. The summed E-state index contributed by atoms with van der Waals surface area (Å²) in [4.78, 5) is 15.3. The van der Waals surface area contributed by atoms with Gasteiger partial charge in [0, 0.05) is 25.8 Å². The van der Waals surface area contributed by atoms with Crippen LogP contribution in [-0.4, -0.2) is 59.1 Å². The number of sulfonamides is 1. The summed E-state index contributed by atoms with van der Waals surface area (Å²) < 4.78 is 38.0. The number of hydrogen-bond donors (Lipinski definition) is 2. The summed E-state index contributed by atoms with van der Waals surface area (Å²) in [6, 6.07) is 8.29. The number of ether oxygens (including phenoxy) is 1. The average molecular weight is 450 g/mol. The highest BCUT2D eigenvalue weighted by Crippen LogP contribution is 2.25. The van der Waals surface area contributed by atoms with Crippen LogP contribution in [0.2, 0.25) is 0 Å². The smallest absolute Gasteiger partial charge is 0.251 e. The number of hydrogen-bond acceptors (Lipinski definition) is 6. The van der Waals surface area contributed by atoms with Gasteiger partial charge in [-0.15, -0.1) is 0 Å². The van der Waals surface area contributed by atoms with Crippen LogP contribution in [-0.2, 0) is 14.8 Å². The Morgan fingerprint density at radius 1 is 1.23 bits per heavy atom. The van der Waals surface area contributed by atoms with Crippen LogP contribution in [0.4, 0.5) is 0 Å². The number of carbonyl (C=O) groups excluding carboxylic acids is 1. The monoisotopic (exact) mass is 449 g/mol. The molecule has 170 valence electrons. The first kappa shape index (κ1) is 23.5. The van der Waals surface area contributed by atoms with E-state index >= 15 is 0 Å². The van der Waals surface area contributed by atoms with Gasteiger partial charge in [0.05, 0.1) is 23.8 Å². The highest BCUT2D eigenvalue weighted by molar-refractivity contribution is 7.89. The number of likely N-dealkylation sites (tertiary alicyclic amines) is 1. The van der Waals surface area contributed by atoms with E-state index in [1.165, 1.54) is 25.7 Å². The van der Waals surface area contributed by atoms with Crippen molar-refractivity contribution in [1.82, 2.24) is 14.9 Å². The number of rotatable bonds is 10. The number of methoxy groups -OCH3 is 1. The van der Waals surface area contributed by atoms with Crippen LogP contribution in [0.15, 0.2) is 45.9 Å². The first-order valence-corrected chi connectivity index (χ1v) is 12.1. The third-order valence-electron chi connectivity index (χ3n) is 5.52. The lowest BCUT2D eigenvalue weighted by atomic mass is 10.1. The minimum atomic E-state index is -3.72. The van der Waals surface area contributed by atoms with Crippen molar-refractivity contribution in [1.29, 1.82) is 0 Å². The molecule has 1 aromatic heterocycles. The Balaban J connectivity index is 1.73. The zero-order valence-electron chi connectivity index (χ0n) is 18.1. The van der Waals surface area contributed by atoms with Crippen molar-refractivity contribution in [2.75, 3.05) is 39.9 Å². The molecule has 1 amide bonds. The van der Waals surface area contributed by atoms with Crippen molar-refractivity contribution in [2.24, 2.45) is 0 Å². The van der Waals surface area contributed by atoms with Crippen LogP contribution in [0.25, 0.3) is 0 Å². The molecule has 31 heavy (non-hydrogen) atoms. The third-order valence-corrected chi connectivity index (χ3v) is 6.98. The Kier molecular flexibility index (Phi) is 8.25. The summed E-state index contributed by atoms with van der Waals surface area (Å²) >= 11 is 0. The molecule has 0 aliphatic carbocycles. The van der Waals surface area contributed by atoms with Crippen LogP contribution in [0.1, 0.15) is 47.0 Å². The molecule has 9 heteroatoms. The third kappa shape index (κ3) is 6.16. The predicted octanol–water partition coefficient (Wildman–Crippen LogP) is 2.47. The molecule has 0 saturated carbocycles. The molecule has 1 aliphatic heterocycles. The number of benzene rings is 1. The van der Waals surface area contributed by atoms with Gasteiger partial charge in [-0.2, -0.15) is 0 Å². The zero-order valence-corrected chi connectivity index (χ0v) is 18.9. The molecule has 2 aromatic rings. The Morgan fingerprint density at radius 3 is 2.68 bits per heavy atom. The number of amides is 1. The number of carbonyl (C=O) groups is 1. The fourth-order valence-corrected chi connectivity index (χ4v) is 4.82. The second-order valence-corrected chi connectivity index (χ2v) is 9.47. The second kappa shape index (κ2) is 10.9. The summed E-state index contributed by atoms with van der Waals surface area (Å²) in [5.41, 5.74) is 1.05. The maximum atomic E-state index is 13.0. The van der Waals surface area contributed by atoms with Crippen molar-refractivity contribution in [3.8, 4) is 0 Å². The quantitative estimate of drug-likeness (QED) is 0.541. The van der Waals surface area contributed by atoms with Crippen molar-refractivity contribution < 1.29 is 22.4 Å². The van der Waals surface area contributed by atoms with Crippen molar-refractivity contribution in [3.63, 3.8) is 0 Å². The Labute approximate surface area is 184 Å². The molecule has 0 spiro atoms. The van der Waals surface area contributed by atoms with E-state index in [2.05, 4.69) is 14.9 Å². The fraction of sp³-hybridized carbons (Fsp3) is 0.500. The van der Waals surface area contributed by atoms with Gasteiger partial charge < -0.3 is 14.5 Å². The normalized spacial score (nSPS) is 16.2. The first-order valence-electron chi connectivity index (χ1n) is 10.6. The second-order valence-electron chi connectivity index (χ2n) is 7.71. The van der Waals surface area contributed by atoms with Crippen molar-refractivity contribution in [2.45, 2.75) is 37.1 Å². The minimum Gasteiger partial charge on any atom is -0.468 e. The van der Waals surface area contributed by atoms with E-state index in [9.17, 15) is 13.2 Å². The van der Waals surface area contributed by atoms with Gasteiger partial charge in [-0.1, -0.05) is 12.5 Å². The SMILES string of the molecule is COCCNS(=O)(=O)c1ccc(C)c(C(=O)NCC(c2ccco2)N2CCCCC2)c1. The molecule has 1 aliphatic rings. The van der Waals surface area contributed by atoms with Gasteiger partial charge >= 0.3 is 0 Å². The van der Waals surface area contributed by atoms with Gasteiger partial charge in [0.15, 0.2) is 0 Å². The van der Waals surface area contributed by atoms with E-state index in [4.69, 9.17) is 9.15 Å². The van der Waals surface area contributed by atoms with Gasteiger partial charge in [-0.05, 0) is 62.7 Å². The lowest BCUT2D eigenvalue weighted by Gasteiger charge is -2.33. The fourth-order valence-electron chi connectivity index (χ4n) is 3.78. The molecule has 0 bridgehead atoms. The number of furan rings is 1. The van der Waals surface area contributed by atoms with Crippen LogP contribution >= 0.6 is 0 Å². The van der Waals surface area contributed by atoms with E-state index < -0.39 is 10.0 Å². The number of nitrogens with one attached hydrogen (secondary N) is 2. The highest BCUT2D eigenvalue weighted by atomic mass is 32.2. The summed E-state index contributed by atoms with van der Waals surface area (Å²) in [6.45, 7) is 4.52. The van der Waals surface area contributed by atoms with Crippen LogP contribution in [0.5, 0.6) is 0 Å². The van der Waals surface area contributed by atoms with Gasteiger partial charge in [0.1, 0.15) is 5.76 Å². The Hall–Kier alpha value is -2.20. The lowest BCUT2D eigenvalue weighted by Crippen LogP contribution is -2.40. The number of piperidine rings is 1. The predicted molar refractivity (Wildman–Crippen MR) is 117 cm³/mol. The molecule has 0 radical (unpaired) electrons. The van der Waals surface area contributed by atoms with Gasteiger partial charge in [0.25, 0.3) is 5.91 Å². The van der Waals surface area contributed by atoms with E-state index in [1.807, 2.05) is 12.1 Å². The molecular weight excluding hydrogens is 418 g/mol. The summed E-state index contributed by atoms with van der Waals surface area (Å²) in [7, 11) is -2.22. The molecule has 1 atom stereocenters. The standard InChI is InChI=1S/C22H31N3O5S/c1-17-8-9-18(31(27,28)24-10-14-29-2)15-19(17)22(26)23-16-20(21-7-6-13-30-21)25-11-4-3-5-12-25/h6-9,13,15,20,24H,3-5,10-12,14,16H2,1-2H3,(H,23,26). The molecular formula is C22H31N3O5S. The molecule has 1 fully saturated rings. The molecule has 3 rings (SSSR count). The number of nitrogens with zero attached hydrogens (tertiary/aromatic N) is 1. The maximum Gasteiger partial charge on any atom is 0.251 e. The van der Waals surface area contributed by atoms with Crippen LogP contribution in [0, 0.1) is 6.92 Å². The topological polar surface area (TPSA) is 101 Å². The Morgan fingerprint density at radius 2 is 2.00 bits per heavy atom. The van der Waals surface area contributed by atoms with E-state index in [-0.39, 0.29) is 30.0 Å². The van der Waals surface area contributed by atoms with Gasteiger partial charge in [-0.3, -0.25) is 9.69 Å². The van der Waals surface area contributed by atoms with E-state index in [1.54, 1.807) is 19.3 Å². The summed E-state index contributed by atoms with van der Waals surface area (Å²) in [5, 5.41) is 2.98. The summed E-state index contributed by atoms with van der Waals surface area (Å²) in [5.74, 6) is 0.512. The first-order chi connectivity index (χ1) is 14.9. The van der Waals surface area contributed by atoms with E-state index in [0.29, 0.717) is 17.7 Å². The lowest BCUT2D eigenvalue weighted by molar-refractivity contribution is 0.0913. The maximum absolute atomic E-state index is 13.0. The van der Waals surface area contributed by atoms with Crippen molar-refractivity contribution >= 4 is 15.9 Å². The largest absolute Gasteiger partial charge is 0.468 e. The van der Waals surface area contributed by atoms with Gasteiger partial charge in [-0.25, -0.2) is 13.1 Å². The molecule has 1 unspecified atom stereocenters. The minimum absolute atomic E-state index is 0.0535. The molecule has 2 heterocycles. The number of aryl methyl sites for hydroxylation is 1.